The highest BCUT2D eigenvalue weighted by Crippen LogP contribution is 2.27. The predicted octanol–water partition coefficient (Wildman–Crippen LogP) is 2.56. The summed E-state index contributed by atoms with van der Waals surface area (Å²) in [6, 6.07) is 5.07. The van der Waals surface area contributed by atoms with Gasteiger partial charge in [-0.15, -0.1) is 0 Å². The molecule has 1 atom stereocenters. The van der Waals surface area contributed by atoms with Crippen LogP contribution in [-0.2, 0) is 4.79 Å². The van der Waals surface area contributed by atoms with Gasteiger partial charge in [-0.1, -0.05) is 0 Å². The van der Waals surface area contributed by atoms with Crippen molar-refractivity contribution < 1.29 is 24.2 Å². The molecule has 126 valence electrons. The first-order valence-corrected chi connectivity index (χ1v) is 7.81. The second-order valence-electron chi connectivity index (χ2n) is 5.68. The van der Waals surface area contributed by atoms with E-state index < -0.39 is 5.97 Å². The highest BCUT2D eigenvalue weighted by Gasteiger charge is 2.28. The number of carboxylic acids is 1. The molecule has 1 amide bonds. The van der Waals surface area contributed by atoms with Crippen LogP contribution in [0.15, 0.2) is 18.2 Å². The normalized spacial score (nSPS) is 17.7. The number of benzene rings is 1. The maximum Gasteiger partial charge on any atom is 0.303 e. The van der Waals surface area contributed by atoms with Crippen molar-refractivity contribution in [2.75, 3.05) is 20.8 Å². The van der Waals surface area contributed by atoms with Crippen molar-refractivity contribution in [3.05, 3.63) is 23.8 Å². The molecule has 1 aliphatic heterocycles. The molecule has 0 radical (unpaired) electrons. The maximum absolute atomic E-state index is 12.9. The molecule has 1 N–H and O–H groups in total. The number of hydrogen-bond acceptors (Lipinski definition) is 4. The van der Waals surface area contributed by atoms with Gasteiger partial charge in [0.1, 0.15) is 11.5 Å². The van der Waals surface area contributed by atoms with Crippen molar-refractivity contribution in [2.45, 2.75) is 38.1 Å². The Hall–Kier alpha value is -2.24. The molecule has 1 aromatic rings. The molecule has 6 heteroatoms. The number of carbonyl (C=O) groups is 2. The van der Waals surface area contributed by atoms with Crippen LogP contribution in [0, 0.1) is 0 Å². The summed E-state index contributed by atoms with van der Waals surface area (Å²) < 4.78 is 10.4. The molecule has 0 bridgehead atoms. The quantitative estimate of drug-likeness (QED) is 0.871. The summed E-state index contributed by atoms with van der Waals surface area (Å²) in [7, 11) is 3.08. The highest BCUT2D eigenvalue weighted by molar-refractivity contribution is 5.95. The van der Waals surface area contributed by atoms with E-state index in [1.54, 1.807) is 37.3 Å². The van der Waals surface area contributed by atoms with Crippen LogP contribution >= 0.6 is 0 Å². The molecule has 0 unspecified atom stereocenters. The number of nitrogens with zero attached hydrogens (tertiary/aromatic N) is 1. The largest absolute Gasteiger partial charge is 0.497 e. The molecule has 1 saturated heterocycles. The van der Waals surface area contributed by atoms with E-state index in [4.69, 9.17) is 14.6 Å². The fraction of sp³-hybridized carbons (Fsp3) is 0.529. The van der Waals surface area contributed by atoms with Crippen molar-refractivity contribution in [3.63, 3.8) is 0 Å². The maximum atomic E-state index is 12.9. The van der Waals surface area contributed by atoms with Crippen molar-refractivity contribution in [3.8, 4) is 11.5 Å². The summed E-state index contributed by atoms with van der Waals surface area (Å²) >= 11 is 0. The number of likely N-dealkylation sites (tertiary alicyclic amines) is 1. The lowest BCUT2D eigenvalue weighted by atomic mass is 9.97. The summed E-state index contributed by atoms with van der Waals surface area (Å²) in [5.74, 6) is 0.196. The average molecular weight is 321 g/mol. The molecule has 0 aliphatic carbocycles. The van der Waals surface area contributed by atoms with Crippen LogP contribution in [0.2, 0.25) is 0 Å². The number of rotatable bonds is 6. The first kappa shape index (κ1) is 17.1. The van der Waals surface area contributed by atoms with Gasteiger partial charge in [-0.3, -0.25) is 9.59 Å². The van der Waals surface area contributed by atoms with Crippen LogP contribution in [0.4, 0.5) is 0 Å². The summed E-state index contributed by atoms with van der Waals surface area (Å²) in [6.45, 7) is 0.655. The molecule has 23 heavy (non-hydrogen) atoms. The van der Waals surface area contributed by atoms with Crippen LogP contribution in [0.1, 0.15) is 42.5 Å². The highest BCUT2D eigenvalue weighted by atomic mass is 16.5. The van der Waals surface area contributed by atoms with E-state index in [9.17, 15) is 9.59 Å². The van der Waals surface area contributed by atoms with Crippen LogP contribution in [0.25, 0.3) is 0 Å². The number of piperidine rings is 1. The number of hydrogen-bond donors (Lipinski definition) is 1. The number of methoxy groups -OCH3 is 2. The minimum atomic E-state index is -0.828. The Balaban J connectivity index is 2.20. The number of aliphatic carboxylic acids is 1. The zero-order valence-electron chi connectivity index (χ0n) is 13.6. The standard InChI is InChI=1S/C17H23NO5/c1-22-14-9-12(10-15(11-14)23-2)17(21)18-8-4-3-5-13(18)6-7-16(19)20/h9-11,13H,3-8H2,1-2H3,(H,19,20)/t13-/m0/s1. The zero-order valence-corrected chi connectivity index (χ0v) is 13.6. The lowest BCUT2D eigenvalue weighted by molar-refractivity contribution is -0.137. The van der Waals surface area contributed by atoms with Gasteiger partial charge in [0, 0.05) is 30.6 Å². The zero-order chi connectivity index (χ0) is 16.8. The Bertz CT molecular complexity index is 550. The monoisotopic (exact) mass is 321 g/mol. The van der Waals surface area contributed by atoms with Crippen molar-refractivity contribution in [1.29, 1.82) is 0 Å². The van der Waals surface area contributed by atoms with E-state index in [1.807, 2.05) is 0 Å². The molecular weight excluding hydrogens is 298 g/mol. The topological polar surface area (TPSA) is 76.1 Å². The number of carboxylic acid groups (broad SMARTS) is 1. The van der Waals surface area contributed by atoms with Gasteiger partial charge in [-0.05, 0) is 37.8 Å². The van der Waals surface area contributed by atoms with Crippen molar-refractivity contribution in [1.82, 2.24) is 4.90 Å². The van der Waals surface area contributed by atoms with Gasteiger partial charge in [-0.25, -0.2) is 0 Å². The lowest BCUT2D eigenvalue weighted by Gasteiger charge is -2.35. The molecule has 0 saturated carbocycles. The van der Waals surface area contributed by atoms with Crippen LogP contribution in [0.5, 0.6) is 11.5 Å². The molecule has 2 rings (SSSR count). The molecular formula is C17H23NO5. The Labute approximate surface area is 136 Å². The van der Waals surface area contributed by atoms with E-state index in [0.29, 0.717) is 30.0 Å². The molecule has 1 fully saturated rings. The molecule has 0 spiro atoms. The van der Waals surface area contributed by atoms with Gasteiger partial charge in [0.2, 0.25) is 0 Å². The van der Waals surface area contributed by atoms with Gasteiger partial charge >= 0.3 is 5.97 Å². The van der Waals surface area contributed by atoms with Gasteiger partial charge in [0.25, 0.3) is 5.91 Å². The van der Waals surface area contributed by atoms with E-state index in [2.05, 4.69) is 0 Å². The van der Waals surface area contributed by atoms with Crippen LogP contribution in [-0.4, -0.2) is 48.7 Å². The molecule has 1 aromatic carbocycles. The van der Waals surface area contributed by atoms with Crippen LogP contribution in [0.3, 0.4) is 0 Å². The predicted molar refractivity (Wildman–Crippen MR) is 85.1 cm³/mol. The Kier molecular flexibility index (Phi) is 5.84. The van der Waals surface area contributed by atoms with E-state index in [-0.39, 0.29) is 18.4 Å². The van der Waals surface area contributed by atoms with E-state index in [1.165, 1.54) is 0 Å². The summed E-state index contributed by atoms with van der Waals surface area (Å²) in [6.07, 6.45) is 3.38. The third-order valence-corrected chi connectivity index (χ3v) is 4.18. The Morgan fingerprint density at radius 1 is 1.17 bits per heavy atom. The first-order valence-electron chi connectivity index (χ1n) is 7.81. The number of carbonyl (C=O) groups excluding carboxylic acids is 1. The SMILES string of the molecule is COc1cc(OC)cc(C(=O)N2CCCC[C@H]2CCC(=O)O)c1. The van der Waals surface area contributed by atoms with Crippen molar-refractivity contribution in [2.24, 2.45) is 0 Å². The minimum absolute atomic E-state index is 0.0236. The Morgan fingerprint density at radius 2 is 1.83 bits per heavy atom. The molecule has 6 nitrogen and oxygen atoms in total. The molecule has 1 heterocycles. The molecule has 1 aliphatic rings. The fourth-order valence-corrected chi connectivity index (χ4v) is 2.95. The van der Waals surface area contributed by atoms with Gasteiger partial charge in [0.05, 0.1) is 14.2 Å². The number of ether oxygens (including phenoxy) is 2. The average Bonchev–Trinajstić information content (AvgIpc) is 2.58. The lowest BCUT2D eigenvalue weighted by Crippen LogP contribution is -2.44. The smallest absolute Gasteiger partial charge is 0.303 e. The Morgan fingerprint density at radius 3 is 2.39 bits per heavy atom. The first-order chi connectivity index (χ1) is 11.0. The molecule has 0 aromatic heterocycles. The van der Waals surface area contributed by atoms with Gasteiger partial charge in [0.15, 0.2) is 0 Å². The van der Waals surface area contributed by atoms with E-state index in [0.717, 1.165) is 19.3 Å². The minimum Gasteiger partial charge on any atom is -0.497 e. The third-order valence-electron chi connectivity index (χ3n) is 4.18. The van der Waals surface area contributed by atoms with Gasteiger partial charge in [-0.2, -0.15) is 0 Å². The van der Waals surface area contributed by atoms with Crippen molar-refractivity contribution >= 4 is 11.9 Å². The second-order valence-corrected chi connectivity index (χ2v) is 5.68. The van der Waals surface area contributed by atoms with E-state index >= 15 is 0 Å². The fourth-order valence-electron chi connectivity index (χ4n) is 2.95. The third kappa shape index (κ3) is 4.37. The van der Waals surface area contributed by atoms with Gasteiger partial charge < -0.3 is 19.5 Å². The summed E-state index contributed by atoms with van der Waals surface area (Å²) in [5.41, 5.74) is 0.503. The summed E-state index contributed by atoms with van der Waals surface area (Å²) in [4.78, 5) is 25.5. The number of amides is 1. The van der Waals surface area contributed by atoms with Crippen LogP contribution < -0.4 is 9.47 Å². The second kappa shape index (κ2) is 7.85. The summed E-state index contributed by atoms with van der Waals surface area (Å²) in [5, 5.41) is 8.89.